The maximum Gasteiger partial charge on any atom is 0.339 e. The largest absolute Gasteiger partial charge is 0.487 e. The molecule has 0 aliphatic rings. The van der Waals surface area contributed by atoms with Gasteiger partial charge in [0.05, 0.1) is 0 Å². The summed E-state index contributed by atoms with van der Waals surface area (Å²) in [6.07, 6.45) is 0. The number of aromatic carboxylic acids is 1. The molecular formula is C16H12O3S. The number of carboxylic acid groups (broad SMARTS) is 1. The van der Waals surface area contributed by atoms with Gasteiger partial charge in [-0.25, -0.2) is 4.79 Å². The number of hydrogen-bond acceptors (Lipinski definition) is 3. The van der Waals surface area contributed by atoms with E-state index in [0.717, 1.165) is 15.6 Å². The third-order valence-electron chi connectivity index (χ3n) is 3.05. The standard InChI is InChI=1S/C16H12O3S/c17-16(18)14-8-7-11-4-1-2-6-13(11)15(14)19-10-12-5-3-9-20-12/h1-9H,10H2,(H,17,18). The number of fused-ring (bicyclic) bond motifs is 1. The number of rotatable bonds is 4. The monoisotopic (exact) mass is 284 g/mol. The zero-order valence-electron chi connectivity index (χ0n) is 10.6. The highest BCUT2D eigenvalue weighted by molar-refractivity contribution is 7.09. The van der Waals surface area contributed by atoms with Crippen molar-refractivity contribution in [1.82, 2.24) is 0 Å². The quantitative estimate of drug-likeness (QED) is 0.781. The van der Waals surface area contributed by atoms with E-state index in [1.165, 1.54) is 0 Å². The van der Waals surface area contributed by atoms with Gasteiger partial charge in [0.2, 0.25) is 0 Å². The summed E-state index contributed by atoms with van der Waals surface area (Å²) in [5.41, 5.74) is 0.195. The third kappa shape index (κ3) is 2.38. The molecule has 0 fully saturated rings. The zero-order valence-corrected chi connectivity index (χ0v) is 11.4. The van der Waals surface area contributed by atoms with E-state index in [0.29, 0.717) is 12.4 Å². The molecule has 4 heteroatoms. The minimum absolute atomic E-state index is 0.195. The van der Waals surface area contributed by atoms with E-state index in [4.69, 9.17) is 4.74 Å². The Bertz CT molecular complexity index is 748. The highest BCUT2D eigenvalue weighted by Crippen LogP contribution is 2.31. The maximum atomic E-state index is 11.3. The fourth-order valence-corrected chi connectivity index (χ4v) is 2.72. The van der Waals surface area contributed by atoms with Crippen molar-refractivity contribution in [2.45, 2.75) is 6.61 Å². The molecule has 3 rings (SSSR count). The average molecular weight is 284 g/mol. The molecule has 0 bridgehead atoms. The van der Waals surface area contributed by atoms with Gasteiger partial charge in [-0.2, -0.15) is 0 Å². The number of hydrogen-bond donors (Lipinski definition) is 1. The summed E-state index contributed by atoms with van der Waals surface area (Å²) >= 11 is 1.59. The van der Waals surface area contributed by atoms with E-state index in [2.05, 4.69) is 0 Å². The molecule has 0 aliphatic heterocycles. The van der Waals surface area contributed by atoms with Crippen LogP contribution >= 0.6 is 11.3 Å². The first-order chi connectivity index (χ1) is 9.75. The van der Waals surface area contributed by atoms with Crippen LogP contribution in [0.25, 0.3) is 10.8 Å². The Kier molecular flexibility index (Phi) is 3.39. The van der Waals surface area contributed by atoms with Crippen LogP contribution in [0.1, 0.15) is 15.2 Å². The lowest BCUT2D eigenvalue weighted by Crippen LogP contribution is -2.03. The molecule has 0 unspecified atom stereocenters. The van der Waals surface area contributed by atoms with Gasteiger partial charge in [0.25, 0.3) is 0 Å². The SMILES string of the molecule is O=C(O)c1ccc2ccccc2c1OCc1cccs1. The van der Waals surface area contributed by atoms with Gasteiger partial charge in [-0.05, 0) is 22.9 Å². The molecule has 0 amide bonds. The van der Waals surface area contributed by atoms with Gasteiger partial charge in [-0.3, -0.25) is 0 Å². The lowest BCUT2D eigenvalue weighted by Gasteiger charge is -2.11. The number of benzene rings is 2. The second-order valence-corrected chi connectivity index (χ2v) is 5.37. The smallest absolute Gasteiger partial charge is 0.339 e. The first-order valence-corrected chi connectivity index (χ1v) is 7.04. The van der Waals surface area contributed by atoms with Crippen LogP contribution in [0.5, 0.6) is 5.75 Å². The molecule has 0 saturated carbocycles. The van der Waals surface area contributed by atoms with Crippen LogP contribution in [0, 0.1) is 0 Å². The number of ether oxygens (including phenoxy) is 1. The van der Waals surface area contributed by atoms with Crippen molar-refractivity contribution in [3.05, 3.63) is 64.4 Å². The molecule has 1 N–H and O–H groups in total. The molecule has 2 aromatic carbocycles. The Morgan fingerprint density at radius 3 is 2.70 bits per heavy atom. The van der Waals surface area contributed by atoms with Crippen LogP contribution in [0.2, 0.25) is 0 Å². The molecular weight excluding hydrogens is 272 g/mol. The highest BCUT2D eigenvalue weighted by Gasteiger charge is 2.14. The third-order valence-corrected chi connectivity index (χ3v) is 3.90. The van der Waals surface area contributed by atoms with Crippen LogP contribution in [0.15, 0.2) is 53.9 Å². The van der Waals surface area contributed by atoms with Crippen LogP contribution in [-0.2, 0) is 6.61 Å². The highest BCUT2D eigenvalue weighted by atomic mass is 32.1. The van der Waals surface area contributed by atoms with Crippen molar-refractivity contribution in [3.63, 3.8) is 0 Å². The maximum absolute atomic E-state index is 11.3. The van der Waals surface area contributed by atoms with Crippen molar-refractivity contribution < 1.29 is 14.6 Å². The first-order valence-electron chi connectivity index (χ1n) is 6.16. The molecule has 0 aliphatic carbocycles. The Labute approximate surface area is 120 Å². The van der Waals surface area contributed by atoms with Crippen molar-refractivity contribution in [3.8, 4) is 5.75 Å². The molecule has 1 aromatic heterocycles. The molecule has 3 nitrogen and oxygen atoms in total. The normalized spacial score (nSPS) is 10.6. The summed E-state index contributed by atoms with van der Waals surface area (Å²) in [7, 11) is 0. The van der Waals surface area contributed by atoms with Gasteiger partial charge in [0.1, 0.15) is 17.9 Å². The molecule has 0 saturated heterocycles. The molecule has 3 aromatic rings. The summed E-state index contributed by atoms with van der Waals surface area (Å²) in [6, 6.07) is 14.9. The van der Waals surface area contributed by atoms with E-state index >= 15 is 0 Å². The molecule has 20 heavy (non-hydrogen) atoms. The predicted molar refractivity (Wildman–Crippen MR) is 79.6 cm³/mol. The second-order valence-electron chi connectivity index (χ2n) is 4.34. The van der Waals surface area contributed by atoms with Gasteiger partial charge < -0.3 is 9.84 Å². The Morgan fingerprint density at radius 1 is 1.10 bits per heavy atom. The van der Waals surface area contributed by atoms with E-state index < -0.39 is 5.97 Å². The Hall–Kier alpha value is -2.33. The van der Waals surface area contributed by atoms with Gasteiger partial charge >= 0.3 is 5.97 Å². The lowest BCUT2D eigenvalue weighted by atomic mass is 10.1. The summed E-state index contributed by atoms with van der Waals surface area (Å²) in [6.45, 7) is 0.381. The predicted octanol–water partition coefficient (Wildman–Crippen LogP) is 4.18. The number of carbonyl (C=O) groups is 1. The van der Waals surface area contributed by atoms with Crippen molar-refractivity contribution >= 4 is 28.1 Å². The lowest BCUT2D eigenvalue weighted by molar-refractivity contribution is 0.0692. The van der Waals surface area contributed by atoms with Crippen molar-refractivity contribution in [1.29, 1.82) is 0 Å². The Morgan fingerprint density at radius 2 is 1.95 bits per heavy atom. The van der Waals surface area contributed by atoms with E-state index in [9.17, 15) is 9.90 Å². The van der Waals surface area contributed by atoms with Gasteiger partial charge in [0.15, 0.2) is 0 Å². The zero-order chi connectivity index (χ0) is 13.9. The van der Waals surface area contributed by atoms with Gasteiger partial charge in [0, 0.05) is 10.3 Å². The minimum Gasteiger partial charge on any atom is -0.487 e. The fraction of sp³-hybridized carbons (Fsp3) is 0.0625. The molecule has 0 spiro atoms. The van der Waals surface area contributed by atoms with E-state index in [-0.39, 0.29) is 5.56 Å². The number of carboxylic acids is 1. The van der Waals surface area contributed by atoms with E-state index in [1.54, 1.807) is 23.5 Å². The van der Waals surface area contributed by atoms with Gasteiger partial charge in [-0.1, -0.05) is 36.4 Å². The molecule has 100 valence electrons. The van der Waals surface area contributed by atoms with Crippen LogP contribution < -0.4 is 4.74 Å². The number of thiophene rings is 1. The van der Waals surface area contributed by atoms with Crippen LogP contribution in [0.4, 0.5) is 0 Å². The Balaban J connectivity index is 2.05. The molecule has 0 atom stereocenters. The molecule has 0 radical (unpaired) electrons. The topological polar surface area (TPSA) is 46.5 Å². The second kappa shape index (κ2) is 5.35. The minimum atomic E-state index is -0.975. The van der Waals surface area contributed by atoms with Crippen molar-refractivity contribution in [2.75, 3.05) is 0 Å². The van der Waals surface area contributed by atoms with E-state index in [1.807, 2.05) is 41.8 Å². The van der Waals surface area contributed by atoms with Crippen LogP contribution in [-0.4, -0.2) is 11.1 Å². The van der Waals surface area contributed by atoms with Crippen molar-refractivity contribution in [2.24, 2.45) is 0 Å². The summed E-state index contributed by atoms with van der Waals surface area (Å²) < 4.78 is 5.79. The summed E-state index contributed by atoms with van der Waals surface area (Å²) in [4.78, 5) is 12.4. The van der Waals surface area contributed by atoms with Crippen LogP contribution in [0.3, 0.4) is 0 Å². The average Bonchev–Trinajstić information content (AvgIpc) is 2.97. The summed E-state index contributed by atoms with van der Waals surface area (Å²) in [5, 5.41) is 13.1. The molecule has 1 heterocycles. The summed E-state index contributed by atoms with van der Waals surface area (Å²) in [5.74, 6) is -0.541. The van der Waals surface area contributed by atoms with Gasteiger partial charge in [-0.15, -0.1) is 11.3 Å². The fourth-order valence-electron chi connectivity index (χ4n) is 2.10. The first kappa shape index (κ1) is 12.7.